The van der Waals surface area contributed by atoms with Crippen molar-refractivity contribution in [1.29, 1.82) is 0 Å². The van der Waals surface area contributed by atoms with E-state index in [1.165, 1.54) is 5.56 Å². The minimum absolute atomic E-state index is 0.368. The maximum Gasteiger partial charge on any atom is 0.191 e. The van der Waals surface area contributed by atoms with Gasteiger partial charge in [-0.15, -0.1) is 5.23 Å². The van der Waals surface area contributed by atoms with Gasteiger partial charge in [-0.3, -0.25) is 0 Å². The molecular formula is C18H17NO3. The van der Waals surface area contributed by atoms with Gasteiger partial charge in [0.25, 0.3) is 0 Å². The molecule has 1 atom stereocenters. The van der Waals surface area contributed by atoms with E-state index in [4.69, 9.17) is 9.57 Å². The molecule has 0 aliphatic carbocycles. The Morgan fingerprint density at radius 1 is 0.818 bits per heavy atom. The molecule has 3 aromatic carbocycles. The van der Waals surface area contributed by atoms with Gasteiger partial charge >= 0.3 is 0 Å². The minimum atomic E-state index is -0.368. The lowest BCUT2D eigenvalue weighted by molar-refractivity contribution is -0.963. The summed E-state index contributed by atoms with van der Waals surface area (Å²) in [6.07, 6.45) is 0. The summed E-state index contributed by atoms with van der Waals surface area (Å²) in [6.45, 7) is 2.05. The number of nitrogens with one attached hydrogen (secondary N) is 1. The average Bonchev–Trinajstić information content (AvgIpc) is 2.55. The molecule has 3 rings (SSSR count). The second kappa shape index (κ2) is 6.05. The third-order valence-electron chi connectivity index (χ3n) is 3.50. The lowest BCUT2D eigenvalue weighted by Gasteiger charge is -2.20. The first-order chi connectivity index (χ1) is 10.7. The fourth-order valence-electron chi connectivity index (χ4n) is 2.30. The van der Waals surface area contributed by atoms with Crippen LogP contribution in [0.3, 0.4) is 0 Å². The van der Waals surface area contributed by atoms with Crippen LogP contribution < -0.4 is 14.8 Å². The summed E-state index contributed by atoms with van der Waals surface area (Å²) >= 11 is 0. The van der Waals surface area contributed by atoms with E-state index in [2.05, 4.69) is 6.07 Å². The molecule has 0 fully saturated rings. The Hall–Kier alpha value is -2.56. The van der Waals surface area contributed by atoms with E-state index in [9.17, 15) is 5.21 Å². The van der Waals surface area contributed by atoms with Crippen molar-refractivity contribution in [3.05, 3.63) is 71.4 Å². The van der Waals surface area contributed by atoms with Gasteiger partial charge in [-0.1, -0.05) is 23.8 Å². The molecule has 22 heavy (non-hydrogen) atoms. The van der Waals surface area contributed by atoms with Crippen LogP contribution in [0.4, 0.5) is 5.69 Å². The molecule has 3 aromatic rings. The zero-order chi connectivity index (χ0) is 15.5. The van der Waals surface area contributed by atoms with Crippen LogP contribution in [0.5, 0.6) is 11.5 Å². The monoisotopic (exact) mass is 295 g/mol. The predicted molar refractivity (Wildman–Crippen MR) is 86.3 cm³/mol. The van der Waals surface area contributed by atoms with Crippen LogP contribution in [0.15, 0.2) is 60.7 Å². The maximum atomic E-state index is 12.2. The highest BCUT2D eigenvalue weighted by Gasteiger charge is 2.07. The molecule has 4 nitrogen and oxygen atoms in total. The first kappa shape index (κ1) is 14.4. The van der Waals surface area contributed by atoms with Crippen LogP contribution in [0.2, 0.25) is 0 Å². The molecule has 0 radical (unpaired) electrons. The van der Waals surface area contributed by atoms with Gasteiger partial charge in [-0.25, -0.2) is 0 Å². The normalized spacial score (nSPS) is 12.1. The quantitative estimate of drug-likeness (QED) is 0.752. The summed E-state index contributed by atoms with van der Waals surface area (Å²) in [5, 5.41) is 14.0. The minimum Gasteiger partial charge on any atom is -0.585 e. The summed E-state index contributed by atoms with van der Waals surface area (Å²) in [6, 6.07) is 18.6. The van der Waals surface area contributed by atoms with Gasteiger partial charge < -0.3 is 14.8 Å². The molecule has 0 heterocycles. The molecule has 0 amide bonds. The van der Waals surface area contributed by atoms with Crippen LogP contribution >= 0.6 is 0 Å². The molecule has 4 heteroatoms. The highest BCUT2D eigenvalue weighted by Crippen LogP contribution is 2.19. The Labute approximate surface area is 129 Å². The van der Waals surface area contributed by atoms with E-state index in [-0.39, 0.29) is 5.23 Å². The Morgan fingerprint density at radius 2 is 1.45 bits per heavy atom. The fraction of sp³-hybridized carbons (Fsp3) is 0.111. The van der Waals surface area contributed by atoms with E-state index in [0.717, 1.165) is 16.5 Å². The predicted octanol–water partition coefficient (Wildman–Crippen LogP) is 3.17. The van der Waals surface area contributed by atoms with Crippen molar-refractivity contribution >= 4 is 16.5 Å². The molecule has 0 saturated heterocycles. The van der Waals surface area contributed by atoms with Gasteiger partial charge in [0.2, 0.25) is 0 Å². The summed E-state index contributed by atoms with van der Waals surface area (Å²) in [7, 11) is 1.60. The SMILES string of the molecule is COc1ccc(O[NH+]([O-])c2ccc3cc(C)ccc3c2)cc1. The van der Waals surface area contributed by atoms with Crippen LogP contribution in [-0.2, 0) is 0 Å². The Kier molecular flexibility index (Phi) is 3.96. The number of fused-ring (bicyclic) bond motifs is 1. The number of quaternary nitrogens is 1. The Bertz CT molecular complexity index is 784. The molecule has 1 N–H and O–H groups in total. The molecule has 0 spiro atoms. The largest absolute Gasteiger partial charge is 0.585 e. The van der Waals surface area contributed by atoms with Crippen molar-refractivity contribution in [2.45, 2.75) is 6.92 Å². The van der Waals surface area contributed by atoms with Crippen molar-refractivity contribution < 1.29 is 14.8 Å². The standard InChI is InChI=1S/C18H17NO3/c1-13-3-4-15-12-16(6-5-14(15)11-13)19(20)22-18-9-7-17(21-2)8-10-18/h3-12,19H,1-2H3. The van der Waals surface area contributed by atoms with E-state index < -0.39 is 0 Å². The molecule has 0 aliphatic rings. The van der Waals surface area contributed by atoms with Gasteiger partial charge in [-0.2, -0.15) is 0 Å². The lowest BCUT2D eigenvalue weighted by Crippen LogP contribution is -3.04. The number of rotatable bonds is 4. The number of aryl methyl sites for hydroxylation is 1. The van der Waals surface area contributed by atoms with Gasteiger partial charge in [0, 0.05) is 12.1 Å². The molecule has 1 unspecified atom stereocenters. The summed E-state index contributed by atoms with van der Waals surface area (Å²) in [4.78, 5) is 5.38. The summed E-state index contributed by atoms with van der Waals surface area (Å²) < 4.78 is 5.08. The number of benzene rings is 3. The topological polar surface area (TPSA) is 46.0 Å². The van der Waals surface area contributed by atoms with Gasteiger partial charge in [0.15, 0.2) is 11.4 Å². The van der Waals surface area contributed by atoms with Crippen molar-refractivity contribution in [2.24, 2.45) is 0 Å². The maximum absolute atomic E-state index is 12.2. The number of methoxy groups -OCH3 is 1. The van der Waals surface area contributed by atoms with Crippen molar-refractivity contribution in [3.8, 4) is 11.5 Å². The smallest absolute Gasteiger partial charge is 0.191 e. The summed E-state index contributed by atoms with van der Waals surface area (Å²) in [5.74, 6) is 1.22. The highest BCUT2D eigenvalue weighted by atomic mass is 16.9. The number of hydrogen-bond acceptors (Lipinski definition) is 3. The van der Waals surface area contributed by atoms with Gasteiger partial charge in [0.1, 0.15) is 5.75 Å². The van der Waals surface area contributed by atoms with Gasteiger partial charge in [0.05, 0.1) is 7.11 Å². The second-order valence-corrected chi connectivity index (χ2v) is 5.13. The second-order valence-electron chi connectivity index (χ2n) is 5.13. The molecule has 0 aliphatic heterocycles. The fourth-order valence-corrected chi connectivity index (χ4v) is 2.30. The van der Waals surface area contributed by atoms with Crippen molar-refractivity contribution in [1.82, 2.24) is 0 Å². The Morgan fingerprint density at radius 3 is 2.18 bits per heavy atom. The summed E-state index contributed by atoms with van der Waals surface area (Å²) in [5.41, 5.74) is 1.73. The van der Waals surface area contributed by atoms with Crippen LogP contribution in [0.1, 0.15) is 5.56 Å². The zero-order valence-corrected chi connectivity index (χ0v) is 12.5. The van der Waals surface area contributed by atoms with E-state index in [1.807, 2.05) is 31.2 Å². The lowest BCUT2D eigenvalue weighted by atomic mass is 10.1. The number of ether oxygens (including phenoxy) is 1. The van der Waals surface area contributed by atoms with E-state index in [1.54, 1.807) is 37.4 Å². The Balaban J connectivity index is 1.81. The first-order valence-electron chi connectivity index (χ1n) is 7.02. The number of hydrogen-bond donors (Lipinski definition) is 1. The molecule has 112 valence electrons. The van der Waals surface area contributed by atoms with Crippen LogP contribution in [0, 0.1) is 12.1 Å². The van der Waals surface area contributed by atoms with Crippen LogP contribution in [0.25, 0.3) is 10.8 Å². The molecule has 0 bridgehead atoms. The van der Waals surface area contributed by atoms with E-state index >= 15 is 0 Å². The van der Waals surface area contributed by atoms with E-state index in [0.29, 0.717) is 11.4 Å². The molecule has 0 saturated carbocycles. The zero-order valence-electron chi connectivity index (χ0n) is 12.5. The average molecular weight is 295 g/mol. The van der Waals surface area contributed by atoms with Gasteiger partial charge in [-0.05, 0) is 48.0 Å². The third-order valence-corrected chi connectivity index (χ3v) is 3.50. The van der Waals surface area contributed by atoms with Crippen LogP contribution in [-0.4, -0.2) is 7.11 Å². The highest BCUT2D eigenvalue weighted by molar-refractivity contribution is 5.85. The van der Waals surface area contributed by atoms with Crippen molar-refractivity contribution in [2.75, 3.05) is 7.11 Å². The third kappa shape index (κ3) is 3.03. The van der Waals surface area contributed by atoms with Crippen molar-refractivity contribution in [3.63, 3.8) is 0 Å². The molecule has 0 aromatic heterocycles. The first-order valence-corrected chi connectivity index (χ1v) is 7.02. The molecular weight excluding hydrogens is 278 g/mol.